The van der Waals surface area contributed by atoms with Crippen LogP contribution in [0.25, 0.3) is 11.1 Å². The monoisotopic (exact) mass is 285 g/mol. The number of halogens is 3. The molecule has 0 saturated carbocycles. The zero-order valence-electron chi connectivity index (χ0n) is 9.91. The third-order valence-electron chi connectivity index (χ3n) is 2.76. The first-order valence-corrected chi connectivity index (χ1v) is 5.74. The second kappa shape index (κ2) is 6.19. The van der Waals surface area contributed by atoms with Gasteiger partial charge in [0.1, 0.15) is 5.82 Å². The molecule has 4 heteroatoms. The van der Waals surface area contributed by atoms with Crippen molar-refractivity contribution in [3.63, 3.8) is 0 Å². The molecule has 1 nitrogen and oxygen atoms in total. The zero-order valence-corrected chi connectivity index (χ0v) is 11.5. The van der Waals surface area contributed by atoms with Crippen molar-refractivity contribution in [3.05, 3.63) is 58.4 Å². The Labute approximate surface area is 117 Å². The Morgan fingerprint density at radius 3 is 2.50 bits per heavy atom. The van der Waals surface area contributed by atoms with Crippen LogP contribution in [-0.2, 0) is 6.54 Å². The van der Waals surface area contributed by atoms with E-state index in [0.29, 0.717) is 17.1 Å². The van der Waals surface area contributed by atoms with Crippen LogP contribution in [0.3, 0.4) is 0 Å². The Hall–Kier alpha value is -1.09. The van der Waals surface area contributed by atoms with Crippen molar-refractivity contribution in [1.29, 1.82) is 0 Å². The van der Waals surface area contributed by atoms with Gasteiger partial charge in [-0.05, 0) is 47.9 Å². The lowest BCUT2D eigenvalue weighted by molar-refractivity contribution is 0.628. The molecule has 2 aromatic rings. The highest BCUT2D eigenvalue weighted by molar-refractivity contribution is 6.33. The summed E-state index contributed by atoms with van der Waals surface area (Å²) >= 11 is 6.10. The lowest BCUT2D eigenvalue weighted by Crippen LogP contribution is -1.97. The van der Waals surface area contributed by atoms with Crippen LogP contribution < -0.4 is 5.73 Å². The third-order valence-corrected chi connectivity index (χ3v) is 3.09. The maximum Gasteiger partial charge on any atom is 0.123 e. The van der Waals surface area contributed by atoms with Crippen LogP contribution in [0.5, 0.6) is 0 Å². The van der Waals surface area contributed by atoms with Crippen molar-refractivity contribution in [2.45, 2.75) is 13.5 Å². The topological polar surface area (TPSA) is 26.0 Å². The van der Waals surface area contributed by atoms with Crippen molar-refractivity contribution in [3.8, 4) is 11.1 Å². The van der Waals surface area contributed by atoms with Crippen LogP contribution in [0.2, 0.25) is 5.02 Å². The first kappa shape index (κ1) is 15.0. The van der Waals surface area contributed by atoms with E-state index in [9.17, 15) is 4.39 Å². The molecule has 0 aromatic heterocycles. The van der Waals surface area contributed by atoms with E-state index in [1.165, 1.54) is 12.1 Å². The lowest BCUT2D eigenvalue weighted by atomic mass is 9.98. The van der Waals surface area contributed by atoms with Gasteiger partial charge in [0, 0.05) is 17.1 Å². The number of hydrogen-bond acceptors (Lipinski definition) is 1. The van der Waals surface area contributed by atoms with Crippen LogP contribution in [0.15, 0.2) is 36.4 Å². The minimum absolute atomic E-state index is 0. The van der Waals surface area contributed by atoms with Gasteiger partial charge in [-0.1, -0.05) is 23.7 Å². The first-order chi connectivity index (χ1) is 8.11. The first-order valence-electron chi connectivity index (χ1n) is 5.37. The normalized spacial score (nSPS) is 10.0. The predicted molar refractivity (Wildman–Crippen MR) is 76.7 cm³/mol. The van der Waals surface area contributed by atoms with E-state index in [4.69, 9.17) is 17.3 Å². The van der Waals surface area contributed by atoms with Gasteiger partial charge in [0.15, 0.2) is 0 Å². The molecule has 0 amide bonds. The fourth-order valence-corrected chi connectivity index (χ4v) is 2.01. The van der Waals surface area contributed by atoms with Crippen LogP contribution in [0, 0.1) is 12.7 Å². The summed E-state index contributed by atoms with van der Waals surface area (Å²) in [6.45, 7) is 2.43. The zero-order chi connectivity index (χ0) is 12.4. The standard InChI is InChI=1S/C14H13ClFN.ClH/c1-9-2-3-10(8-17)6-12(9)13-7-11(16)4-5-14(13)15;/h2-7H,8,17H2,1H3;1H. The molecule has 0 radical (unpaired) electrons. The van der Waals surface area contributed by atoms with Gasteiger partial charge < -0.3 is 5.73 Å². The number of hydrogen-bond donors (Lipinski definition) is 1. The van der Waals surface area contributed by atoms with Gasteiger partial charge in [0.25, 0.3) is 0 Å². The number of benzene rings is 2. The third kappa shape index (κ3) is 3.02. The Bertz CT molecular complexity index is 555. The van der Waals surface area contributed by atoms with Crippen LogP contribution in [0.1, 0.15) is 11.1 Å². The molecule has 0 spiro atoms. The number of rotatable bonds is 2. The van der Waals surface area contributed by atoms with Gasteiger partial charge in [-0.3, -0.25) is 0 Å². The Morgan fingerprint density at radius 1 is 1.11 bits per heavy atom. The molecule has 0 heterocycles. The van der Waals surface area contributed by atoms with E-state index in [0.717, 1.165) is 16.7 Å². The fourth-order valence-electron chi connectivity index (χ4n) is 1.79. The maximum atomic E-state index is 13.3. The molecule has 0 unspecified atom stereocenters. The Morgan fingerprint density at radius 2 is 1.83 bits per heavy atom. The highest BCUT2D eigenvalue weighted by Crippen LogP contribution is 2.31. The minimum atomic E-state index is -0.290. The lowest BCUT2D eigenvalue weighted by Gasteiger charge is -2.10. The molecule has 2 rings (SSSR count). The summed E-state index contributed by atoms with van der Waals surface area (Å²) in [6, 6.07) is 10.3. The molecule has 0 saturated heterocycles. The van der Waals surface area contributed by atoms with E-state index >= 15 is 0 Å². The van der Waals surface area contributed by atoms with Crippen LogP contribution in [-0.4, -0.2) is 0 Å². The van der Waals surface area contributed by atoms with E-state index < -0.39 is 0 Å². The summed E-state index contributed by atoms with van der Waals surface area (Å²) in [5.74, 6) is -0.290. The molecule has 96 valence electrons. The van der Waals surface area contributed by atoms with Gasteiger partial charge in [-0.15, -0.1) is 12.4 Å². The number of nitrogens with two attached hydrogens (primary N) is 1. The van der Waals surface area contributed by atoms with Crippen LogP contribution >= 0.6 is 24.0 Å². The fraction of sp³-hybridized carbons (Fsp3) is 0.143. The van der Waals surface area contributed by atoms with E-state index in [2.05, 4.69) is 0 Å². The molecule has 0 aliphatic rings. The van der Waals surface area contributed by atoms with Crippen molar-refractivity contribution < 1.29 is 4.39 Å². The molecule has 2 aromatic carbocycles. The summed E-state index contributed by atoms with van der Waals surface area (Å²) in [6.07, 6.45) is 0. The number of aryl methyl sites for hydroxylation is 1. The summed E-state index contributed by atoms with van der Waals surface area (Å²) in [7, 11) is 0. The quantitative estimate of drug-likeness (QED) is 0.873. The molecule has 0 atom stereocenters. The van der Waals surface area contributed by atoms with Crippen molar-refractivity contribution in [1.82, 2.24) is 0 Å². The van der Waals surface area contributed by atoms with Gasteiger partial charge in [-0.2, -0.15) is 0 Å². The van der Waals surface area contributed by atoms with Crippen molar-refractivity contribution in [2.75, 3.05) is 0 Å². The summed E-state index contributed by atoms with van der Waals surface area (Å²) in [5, 5.41) is 0.545. The second-order valence-corrected chi connectivity index (χ2v) is 4.38. The second-order valence-electron chi connectivity index (χ2n) is 3.98. The predicted octanol–water partition coefficient (Wildman–Crippen LogP) is 4.34. The van der Waals surface area contributed by atoms with Crippen molar-refractivity contribution >= 4 is 24.0 Å². The average Bonchev–Trinajstić information content (AvgIpc) is 2.33. The largest absolute Gasteiger partial charge is 0.326 e. The van der Waals surface area contributed by atoms with E-state index in [1.807, 2.05) is 25.1 Å². The summed E-state index contributed by atoms with van der Waals surface area (Å²) in [5.41, 5.74) is 9.30. The molecular formula is C14H14Cl2FN. The highest BCUT2D eigenvalue weighted by Gasteiger charge is 2.08. The summed E-state index contributed by atoms with van der Waals surface area (Å²) in [4.78, 5) is 0. The van der Waals surface area contributed by atoms with Crippen molar-refractivity contribution in [2.24, 2.45) is 5.73 Å². The Kier molecular flexibility index (Phi) is 5.15. The van der Waals surface area contributed by atoms with Gasteiger partial charge >= 0.3 is 0 Å². The molecule has 2 N–H and O–H groups in total. The molecule has 18 heavy (non-hydrogen) atoms. The SMILES string of the molecule is Cc1ccc(CN)cc1-c1cc(F)ccc1Cl.Cl. The van der Waals surface area contributed by atoms with E-state index in [-0.39, 0.29) is 18.2 Å². The highest BCUT2D eigenvalue weighted by atomic mass is 35.5. The smallest absolute Gasteiger partial charge is 0.123 e. The minimum Gasteiger partial charge on any atom is -0.326 e. The summed E-state index contributed by atoms with van der Waals surface area (Å²) < 4.78 is 13.3. The maximum absolute atomic E-state index is 13.3. The van der Waals surface area contributed by atoms with E-state index in [1.54, 1.807) is 6.07 Å². The molecular weight excluding hydrogens is 272 g/mol. The van der Waals surface area contributed by atoms with Crippen LogP contribution in [0.4, 0.5) is 4.39 Å². The molecule has 0 aliphatic carbocycles. The van der Waals surface area contributed by atoms with Gasteiger partial charge in [0.05, 0.1) is 0 Å². The van der Waals surface area contributed by atoms with Gasteiger partial charge in [0.2, 0.25) is 0 Å². The molecule has 0 fully saturated rings. The average molecular weight is 286 g/mol. The van der Waals surface area contributed by atoms with Gasteiger partial charge in [-0.25, -0.2) is 4.39 Å². The molecule has 0 bridgehead atoms. The molecule has 0 aliphatic heterocycles. The Balaban J connectivity index is 0.00000162.